The van der Waals surface area contributed by atoms with Crippen LogP contribution >= 0.6 is 0 Å². The molecule has 0 aliphatic heterocycles. The van der Waals surface area contributed by atoms with E-state index < -0.39 is 29.3 Å². The second-order valence-corrected chi connectivity index (χ2v) is 12.5. The lowest BCUT2D eigenvalue weighted by Gasteiger charge is -2.37. The van der Waals surface area contributed by atoms with Gasteiger partial charge >= 0.3 is 6.09 Å². The molecule has 0 aromatic heterocycles. The van der Waals surface area contributed by atoms with Crippen molar-refractivity contribution in [3.8, 4) is 5.75 Å². The van der Waals surface area contributed by atoms with Crippen LogP contribution in [-0.2, 0) is 14.3 Å². The number of carbonyl (C=O) groups excluding carboxylic acids is 3. The topological polar surface area (TPSA) is 108 Å². The van der Waals surface area contributed by atoms with Crippen molar-refractivity contribution in [3.63, 3.8) is 0 Å². The van der Waals surface area contributed by atoms with Gasteiger partial charge in [0.15, 0.2) is 0 Å². The monoisotopic (exact) mass is 547 g/mol. The molecule has 3 N–H and O–H groups in total. The zero-order chi connectivity index (χ0) is 29.8. The van der Waals surface area contributed by atoms with Crippen LogP contribution in [0.25, 0.3) is 0 Å². The molecule has 0 saturated carbocycles. The second-order valence-electron chi connectivity index (χ2n) is 12.5. The number of hydrogen-bond acceptors (Lipinski definition) is 5. The minimum Gasteiger partial charge on any atom is -0.508 e. The molecule has 0 bridgehead atoms. The van der Waals surface area contributed by atoms with Gasteiger partial charge in [0.25, 0.3) is 0 Å². The van der Waals surface area contributed by atoms with Crippen molar-refractivity contribution in [1.29, 1.82) is 0 Å². The van der Waals surface area contributed by atoms with Gasteiger partial charge in [-0.2, -0.15) is 0 Å². The molecule has 3 unspecified atom stereocenters. The fourth-order valence-corrected chi connectivity index (χ4v) is 4.33. The number of aromatic hydroxyl groups is 1. The summed E-state index contributed by atoms with van der Waals surface area (Å²) in [5.74, 6) is -0.875. The zero-order valence-corrected chi connectivity index (χ0v) is 25.7. The average Bonchev–Trinajstić information content (AvgIpc) is 2.80. The Morgan fingerprint density at radius 1 is 0.974 bits per heavy atom. The van der Waals surface area contributed by atoms with Crippen molar-refractivity contribution in [2.24, 2.45) is 5.92 Å². The molecule has 0 fully saturated rings. The number of carbonyl (C=O) groups is 3. The lowest BCUT2D eigenvalue weighted by atomic mass is 9.95. The third-order valence-electron chi connectivity index (χ3n) is 6.43. The van der Waals surface area contributed by atoms with E-state index in [-0.39, 0.29) is 23.5 Å². The molecule has 0 aliphatic rings. The number of benzene rings is 1. The third-order valence-corrected chi connectivity index (χ3v) is 6.43. The summed E-state index contributed by atoms with van der Waals surface area (Å²) in [4.78, 5) is 42.4. The Kier molecular flexibility index (Phi) is 13.8. The first-order chi connectivity index (χ1) is 18.1. The molecule has 3 amide bonds. The summed E-state index contributed by atoms with van der Waals surface area (Å²) in [7, 11) is 0. The number of ether oxygens (including phenoxy) is 1. The number of phenolic OH excluding ortho intramolecular Hbond substituents is 1. The maximum Gasteiger partial charge on any atom is 0.408 e. The molecule has 0 spiro atoms. The van der Waals surface area contributed by atoms with Crippen molar-refractivity contribution in [1.82, 2.24) is 15.5 Å². The number of nitrogens with zero attached hydrogens (tertiary/aromatic N) is 1. The van der Waals surface area contributed by atoms with Gasteiger partial charge in [-0.1, -0.05) is 71.4 Å². The molecule has 0 saturated heterocycles. The van der Waals surface area contributed by atoms with E-state index in [2.05, 4.69) is 17.6 Å². The quantitative estimate of drug-likeness (QED) is 0.231. The van der Waals surface area contributed by atoms with E-state index >= 15 is 0 Å². The van der Waals surface area contributed by atoms with Crippen LogP contribution in [0.1, 0.15) is 119 Å². The van der Waals surface area contributed by atoms with E-state index in [0.29, 0.717) is 24.9 Å². The van der Waals surface area contributed by atoms with E-state index in [1.165, 1.54) is 18.6 Å². The Morgan fingerprint density at radius 2 is 1.59 bits per heavy atom. The summed E-state index contributed by atoms with van der Waals surface area (Å²) < 4.78 is 5.47. The molecule has 0 radical (unpaired) electrons. The SMILES string of the molecule is CCCCCCCCN(C(=O)C(NC(=O)OC(C)(C)C)C(C)CC)C(C(=O)NC(C)(C)C)c1cccc(O)c1. The number of amides is 3. The summed E-state index contributed by atoms with van der Waals surface area (Å²) in [5, 5.41) is 16.1. The van der Waals surface area contributed by atoms with Crippen LogP contribution in [0.4, 0.5) is 4.79 Å². The fraction of sp³-hybridized carbons (Fsp3) is 0.710. The van der Waals surface area contributed by atoms with Gasteiger partial charge in [-0.3, -0.25) is 9.59 Å². The van der Waals surface area contributed by atoms with Gasteiger partial charge in [-0.25, -0.2) is 4.79 Å². The maximum atomic E-state index is 14.3. The van der Waals surface area contributed by atoms with E-state index in [4.69, 9.17) is 4.74 Å². The molecule has 0 heterocycles. The zero-order valence-electron chi connectivity index (χ0n) is 25.7. The van der Waals surface area contributed by atoms with Gasteiger partial charge in [0.2, 0.25) is 11.8 Å². The Bertz CT molecular complexity index is 920. The van der Waals surface area contributed by atoms with Crippen LogP contribution in [-0.4, -0.2) is 51.6 Å². The van der Waals surface area contributed by atoms with Crippen LogP contribution in [0.5, 0.6) is 5.75 Å². The molecular weight excluding hydrogens is 494 g/mol. The number of nitrogens with one attached hydrogen (secondary N) is 2. The van der Waals surface area contributed by atoms with Gasteiger partial charge < -0.3 is 25.4 Å². The van der Waals surface area contributed by atoms with E-state index in [9.17, 15) is 19.5 Å². The highest BCUT2D eigenvalue weighted by Crippen LogP contribution is 2.28. The van der Waals surface area contributed by atoms with Gasteiger partial charge in [0.05, 0.1) is 0 Å². The minimum absolute atomic E-state index is 0.0124. The summed E-state index contributed by atoms with van der Waals surface area (Å²) >= 11 is 0. The van der Waals surface area contributed by atoms with Gasteiger partial charge in [0.1, 0.15) is 23.4 Å². The minimum atomic E-state index is -0.980. The summed E-state index contributed by atoms with van der Waals surface area (Å²) in [6.45, 7) is 17.3. The van der Waals surface area contributed by atoms with E-state index in [1.807, 2.05) is 34.6 Å². The molecule has 39 heavy (non-hydrogen) atoms. The lowest BCUT2D eigenvalue weighted by Crippen LogP contribution is -2.56. The predicted molar refractivity (Wildman–Crippen MR) is 156 cm³/mol. The highest BCUT2D eigenvalue weighted by atomic mass is 16.6. The Balaban J connectivity index is 3.50. The van der Waals surface area contributed by atoms with E-state index in [1.54, 1.807) is 37.8 Å². The average molecular weight is 548 g/mol. The van der Waals surface area contributed by atoms with Crippen LogP contribution in [0, 0.1) is 5.92 Å². The van der Waals surface area contributed by atoms with Crippen LogP contribution in [0.2, 0.25) is 0 Å². The standard InChI is InChI=1S/C31H53N3O5/c1-10-12-13-14-15-16-20-34(28(37)25(22(3)11-2)32-29(38)39-31(7,8)9)26(27(36)33-30(4,5)6)23-18-17-19-24(35)21-23/h17-19,21-22,25-26,35H,10-16,20H2,1-9H3,(H,32,38)(H,33,36). The number of hydrogen-bond donors (Lipinski definition) is 3. The molecule has 1 rings (SSSR count). The number of phenols is 1. The first-order valence-corrected chi connectivity index (χ1v) is 14.5. The maximum absolute atomic E-state index is 14.3. The van der Waals surface area contributed by atoms with E-state index in [0.717, 1.165) is 25.7 Å². The largest absolute Gasteiger partial charge is 0.508 e. The molecular formula is C31H53N3O5. The van der Waals surface area contributed by atoms with Crippen molar-refractivity contribution >= 4 is 17.9 Å². The second kappa shape index (κ2) is 15.7. The number of alkyl carbamates (subject to hydrolysis) is 1. The third kappa shape index (κ3) is 12.8. The van der Waals surface area contributed by atoms with Crippen molar-refractivity contribution in [2.75, 3.05) is 6.54 Å². The smallest absolute Gasteiger partial charge is 0.408 e. The molecule has 1 aromatic carbocycles. The van der Waals surface area contributed by atoms with Gasteiger partial charge in [-0.15, -0.1) is 0 Å². The molecule has 222 valence electrons. The Hall–Kier alpha value is -2.77. The molecule has 8 nitrogen and oxygen atoms in total. The van der Waals surface area contributed by atoms with Crippen LogP contribution < -0.4 is 10.6 Å². The lowest BCUT2D eigenvalue weighted by molar-refractivity contribution is -0.144. The summed E-state index contributed by atoms with van der Waals surface area (Å²) in [6, 6.07) is 4.61. The molecule has 0 aliphatic carbocycles. The first kappa shape index (κ1) is 34.3. The normalized spacial score (nSPS) is 14.2. The first-order valence-electron chi connectivity index (χ1n) is 14.5. The number of unbranched alkanes of at least 4 members (excludes halogenated alkanes) is 5. The fourth-order valence-electron chi connectivity index (χ4n) is 4.33. The summed E-state index contributed by atoms with van der Waals surface area (Å²) in [6.07, 6.45) is 6.09. The molecule has 8 heteroatoms. The predicted octanol–water partition coefficient (Wildman–Crippen LogP) is 6.48. The summed E-state index contributed by atoms with van der Waals surface area (Å²) in [5.41, 5.74) is -0.746. The molecule has 1 aromatic rings. The van der Waals surface area contributed by atoms with Crippen molar-refractivity contribution < 1.29 is 24.2 Å². The highest BCUT2D eigenvalue weighted by Gasteiger charge is 2.38. The molecule has 3 atom stereocenters. The highest BCUT2D eigenvalue weighted by molar-refractivity contribution is 5.92. The van der Waals surface area contributed by atoms with Crippen molar-refractivity contribution in [2.45, 2.75) is 130 Å². The van der Waals surface area contributed by atoms with Crippen LogP contribution in [0.3, 0.4) is 0 Å². The van der Waals surface area contributed by atoms with Gasteiger partial charge in [-0.05, 0) is 71.6 Å². The van der Waals surface area contributed by atoms with Crippen molar-refractivity contribution in [3.05, 3.63) is 29.8 Å². The Morgan fingerprint density at radius 3 is 2.13 bits per heavy atom. The Labute approximate surface area is 236 Å². The van der Waals surface area contributed by atoms with Gasteiger partial charge in [0, 0.05) is 12.1 Å². The number of rotatable bonds is 14. The van der Waals surface area contributed by atoms with Crippen LogP contribution in [0.15, 0.2) is 24.3 Å².